The number of alkyl halides is 2. The Morgan fingerprint density at radius 1 is 1.29 bits per heavy atom. The number of para-hydroxylation sites is 1. The molecule has 0 spiro atoms. The van der Waals surface area contributed by atoms with E-state index in [1.165, 1.54) is 0 Å². The minimum Gasteiger partial charge on any atom is -0.434 e. The van der Waals surface area contributed by atoms with E-state index in [9.17, 15) is 8.78 Å². The largest absolute Gasteiger partial charge is 0.434 e. The maximum absolute atomic E-state index is 12.5. The van der Waals surface area contributed by atoms with Crippen LogP contribution in [0.15, 0.2) is 24.3 Å². The second-order valence-electron chi connectivity index (χ2n) is 5.85. The molecule has 1 aliphatic rings. The van der Waals surface area contributed by atoms with Crippen molar-refractivity contribution in [3.8, 4) is 5.75 Å². The molecule has 2 N–H and O–H groups in total. The van der Waals surface area contributed by atoms with E-state index in [4.69, 9.17) is 5.73 Å². The molecule has 3 unspecified atom stereocenters. The van der Waals surface area contributed by atoms with Crippen molar-refractivity contribution in [2.75, 3.05) is 13.1 Å². The van der Waals surface area contributed by atoms with Gasteiger partial charge in [-0.3, -0.25) is 4.90 Å². The third-order valence-electron chi connectivity index (χ3n) is 4.37. The van der Waals surface area contributed by atoms with Crippen molar-refractivity contribution in [1.82, 2.24) is 4.90 Å². The zero-order valence-corrected chi connectivity index (χ0v) is 12.6. The van der Waals surface area contributed by atoms with Crippen molar-refractivity contribution < 1.29 is 13.5 Å². The van der Waals surface area contributed by atoms with E-state index in [0.29, 0.717) is 5.92 Å². The monoisotopic (exact) mass is 298 g/mol. The lowest BCUT2D eigenvalue weighted by Crippen LogP contribution is -2.43. The van der Waals surface area contributed by atoms with Gasteiger partial charge < -0.3 is 10.5 Å². The number of hydrogen-bond acceptors (Lipinski definition) is 3. The number of hydrogen-bond donors (Lipinski definition) is 1. The molecule has 0 radical (unpaired) electrons. The Balaban J connectivity index is 2.14. The first-order chi connectivity index (χ1) is 9.99. The summed E-state index contributed by atoms with van der Waals surface area (Å²) in [5.74, 6) is 0.729. The minimum atomic E-state index is -2.79. The van der Waals surface area contributed by atoms with Gasteiger partial charge in [0.05, 0.1) is 0 Å². The smallest absolute Gasteiger partial charge is 0.387 e. The molecule has 3 nitrogen and oxygen atoms in total. The van der Waals surface area contributed by atoms with Crippen molar-refractivity contribution in [2.45, 2.75) is 45.4 Å². The van der Waals surface area contributed by atoms with Gasteiger partial charge in [0, 0.05) is 24.2 Å². The quantitative estimate of drug-likeness (QED) is 0.905. The molecule has 118 valence electrons. The Bertz CT molecular complexity index is 454. The summed E-state index contributed by atoms with van der Waals surface area (Å²) in [6.07, 6.45) is 2.23. The molecular formula is C16H24F2N2O. The second kappa shape index (κ2) is 7.18. The summed E-state index contributed by atoms with van der Waals surface area (Å²) in [5.41, 5.74) is 6.82. The van der Waals surface area contributed by atoms with Gasteiger partial charge in [0.2, 0.25) is 0 Å². The average Bonchev–Trinajstić information content (AvgIpc) is 2.46. The number of likely N-dealkylation sites (tertiary alicyclic amines) is 1. The Morgan fingerprint density at radius 2 is 2.00 bits per heavy atom. The number of halogens is 2. The van der Waals surface area contributed by atoms with Gasteiger partial charge in [0.1, 0.15) is 5.75 Å². The predicted octanol–water partition coefficient (Wildman–Crippen LogP) is 3.41. The van der Waals surface area contributed by atoms with E-state index in [2.05, 4.69) is 9.64 Å². The number of nitrogens with zero attached hydrogens (tertiary/aromatic N) is 1. The summed E-state index contributed by atoms with van der Waals surface area (Å²) in [4.78, 5) is 2.31. The summed E-state index contributed by atoms with van der Waals surface area (Å²) < 4.78 is 29.7. The zero-order valence-electron chi connectivity index (χ0n) is 12.6. The van der Waals surface area contributed by atoms with Crippen LogP contribution in [0.3, 0.4) is 0 Å². The van der Waals surface area contributed by atoms with Crippen molar-refractivity contribution in [1.29, 1.82) is 0 Å². The highest BCUT2D eigenvalue weighted by molar-refractivity contribution is 5.35. The molecule has 0 aliphatic carbocycles. The van der Waals surface area contributed by atoms with Crippen LogP contribution in [0.4, 0.5) is 8.78 Å². The summed E-state index contributed by atoms with van der Waals surface area (Å²) in [5, 5.41) is 0. The fraction of sp³-hybridized carbons (Fsp3) is 0.625. The first kappa shape index (κ1) is 16.2. The zero-order chi connectivity index (χ0) is 15.4. The van der Waals surface area contributed by atoms with Crippen molar-refractivity contribution in [3.63, 3.8) is 0 Å². The lowest BCUT2D eigenvalue weighted by molar-refractivity contribution is -0.0512. The van der Waals surface area contributed by atoms with Crippen LogP contribution in [0.5, 0.6) is 5.75 Å². The lowest BCUT2D eigenvalue weighted by atomic mass is 9.90. The summed E-state index contributed by atoms with van der Waals surface area (Å²) in [6, 6.07) is 7.24. The lowest BCUT2D eigenvalue weighted by Gasteiger charge is -2.38. The van der Waals surface area contributed by atoms with Gasteiger partial charge in [-0.1, -0.05) is 18.2 Å². The Kier molecular flexibility index (Phi) is 5.53. The summed E-state index contributed by atoms with van der Waals surface area (Å²) >= 11 is 0. The number of piperidine rings is 1. The van der Waals surface area contributed by atoms with E-state index in [1.807, 2.05) is 26.0 Å². The number of rotatable bonds is 5. The SMILES string of the molecule is CC(N)C1CCCN(C(C)c2ccccc2OC(F)F)C1. The predicted molar refractivity (Wildman–Crippen MR) is 79.4 cm³/mol. The van der Waals surface area contributed by atoms with E-state index in [1.54, 1.807) is 12.1 Å². The van der Waals surface area contributed by atoms with Crippen LogP contribution in [-0.4, -0.2) is 30.6 Å². The first-order valence-electron chi connectivity index (χ1n) is 7.52. The standard InChI is InChI=1S/C16H24F2N2O/c1-11(19)13-6-5-9-20(10-13)12(2)14-7-3-4-8-15(14)21-16(17)18/h3-4,7-8,11-13,16H,5-6,9-10,19H2,1-2H3. The highest BCUT2D eigenvalue weighted by Gasteiger charge is 2.27. The Morgan fingerprint density at radius 3 is 2.67 bits per heavy atom. The molecule has 1 saturated heterocycles. The molecule has 0 saturated carbocycles. The van der Waals surface area contributed by atoms with Gasteiger partial charge in [-0.15, -0.1) is 0 Å². The Hall–Kier alpha value is -1.20. The highest BCUT2D eigenvalue weighted by atomic mass is 19.3. The Labute approximate surface area is 125 Å². The summed E-state index contributed by atoms with van der Waals surface area (Å²) in [7, 11) is 0. The van der Waals surface area contributed by atoms with Crippen LogP contribution in [-0.2, 0) is 0 Å². The van der Waals surface area contributed by atoms with Gasteiger partial charge in [0.15, 0.2) is 0 Å². The third kappa shape index (κ3) is 4.14. The highest BCUT2D eigenvalue weighted by Crippen LogP contribution is 2.33. The van der Waals surface area contributed by atoms with Crippen LogP contribution in [0.25, 0.3) is 0 Å². The molecule has 1 heterocycles. The molecular weight excluding hydrogens is 274 g/mol. The molecule has 5 heteroatoms. The number of benzene rings is 1. The van der Waals surface area contributed by atoms with Gasteiger partial charge in [-0.05, 0) is 45.2 Å². The molecule has 0 amide bonds. The normalized spacial score (nSPS) is 23.0. The van der Waals surface area contributed by atoms with E-state index in [-0.39, 0.29) is 17.8 Å². The molecule has 0 bridgehead atoms. The average molecular weight is 298 g/mol. The fourth-order valence-electron chi connectivity index (χ4n) is 3.05. The first-order valence-corrected chi connectivity index (χ1v) is 7.52. The van der Waals surface area contributed by atoms with E-state index in [0.717, 1.165) is 31.5 Å². The maximum Gasteiger partial charge on any atom is 0.387 e. The van der Waals surface area contributed by atoms with Crippen LogP contribution < -0.4 is 10.5 Å². The van der Waals surface area contributed by atoms with Gasteiger partial charge in [-0.25, -0.2) is 0 Å². The second-order valence-corrected chi connectivity index (χ2v) is 5.85. The molecule has 0 aromatic heterocycles. The van der Waals surface area contributed by atoms with Gasteiger partial charge >= 0.3 is 6.61 Å². The molecule has 1 fully saturated rings. The molecule has 1 aromatic carbocycles. The number of ether oxygens (including phenoxy) is 1. The van der Waals surface area contributed by atoms with Crippen molar-refractivity contribution in [2.24, 2.45) is 11.7 Å². The van der Waals surface area contributed by atoms with E-state index < -0.39 is 6.61 Å². The van der Waals surface area contributed by atoms with Gasteiger partial charge in [0.25, 0.3) is 0 Å². The minimum absolute atomic E-state index is 0.0431. The fourth-order valence-corrected chi connectivity index (χ4v) is 3.05. The molecule has 3 atom stereocenters. The van der Waals surface area contributed by atoms with E-state index >= 15 is 0 Å². The van der Waals surface area contributed by atoms with Crippen LogP contribution >= 0.6 is 0 Å². The maximum atomic E-state index is 12.5. The van der Waals surface area contributed by atoms with Crippen molar-refractivity contribution in [3.05, 3.63) is 29.8 Å². The molecule has 2 rings (SSSR count). The van der Waals surface area contributed by atoms with Crippen molar-refractivity contribution >= 4 is 0 Å². The molecule has 1 aromatic rings. The topological polar surface area (TPSA) is 38.5 Å². The van der Waals surface area contributed by atoms with Gasteiger partial charge in [-0.2, -0.15) is 8.78 Å². The molecule has 21 heavy (non-hydrogen) atoms. The third-order valence-corrected chi connectivity index (χ3v) is 4.37. The molecule has 1 aliphatic heterocycles. The van der Waals surface area contributed by atoms with Crippen LogP contribution in [0.2, 0.25) is 0 Å². The summed E-state index contributed by atoms with van der Waals surface area (Å²) in [6.45, 7) is 3.15. The van der Waals surface area contributed by atoms with Crippen LogP contribution in [0.1, 0.15) is 38.3 Å². The number of nitrogens with two attached hydrogens (primary N) is 1. The van der Waals surface area contributed by atoms with Crippen LogP contribution in [0, 0.1) is 5.92 Å².